The van der Waals surface area contributed by atoms with Gasteiger partial charge in [0.1, 0.15) is 0 Å². The van der Waals surface area contributed by atoms with E-state index in [4.69, 9.17) is 4.74 Å². The van der Waals surface area contributed by atoms with Gasteiger partial charge in [-0.1, -0.05) is 0 Å². The monoisotopic (exact) mass is 381 g/mol. The molecule has 6 heteroatoms. The zero-order valence-electron chi connectivity index (χ0n) is 13.8. The van der Waals surface area contributed by atoms with Gasteiger partial charge in [-0.15, -0.1) is 0 Å². The maximum absolute atomic E-state index is 12.6. The van der Waals surface area contributed by atoms with Gasteiger partial charge in [-0.3, -0.25) is 0 Å². The molecule has 2 rings (SSSR count). The van der Waals surface area contributed by atoms with Gasteiger partial charge in [0.15, 0.2) is 0 Å². The number of aryl methyl sites for hydroxylation is 1. The Morgan fingerprint density at radius 1 is 1.26 bits per heavy atom. The zero-order chi connectivity index (χ0) is 17.1. The summed E-state index contributed by atoms with van der Waals surface area (Å²) in [6.07, 6.45) is 0. The van der Waals surface area contributed by atoms with Gasteiger partial charge in [-0.25, -0.2) is 0 Å². The second kappa shape index (κ2) is 7.30. The summed E-state index contributed by atoms with van der Waals surface area (Å²) in [5.74, 6) is -0.0221. The Hall–Kier alpha value is -1.62. The molecule has 0 bridgehead atoms. The maximum atomic E-state index is 12.6. The molecule has 0 saturated heterocycles. The first-order valence-corrected chi connectivity index (χ1v) is 8.37. The van der Waals surface area contributed by atoms with Crippen LogP contribution in [0.4, 0.5) is 0 Å². The van der Waals surface area contributed by atoms with Crippen LogP contribution in [0.3, 0.4) is 0 Å². The fraction of sp³-hybridized carbons (Fsp3) is 0.412. The van der Waals surface area contributed by atoms with E-state index >= 15 is 0 Å². The summed E-state index contributed by atoms with van der Waals surface area (Å²) in [4.78, 5) is 25.2. The van der Waals surface area contributed by atoms with E-state index in [9.17, 15) is 9.59 Å². The number of hydrogen-bond donors (Lipinski definition) is 0. The van der Waals surface area contributed by atoms with E-state index in [2.05, 4.69) is 16.2 Å². The fourth-order valence-corrected chi connectivity index (χ4v) is 2.99. The zero-order valence-corrected chi connectivity index (χ0v) is 15.5. The molecule has 0 spiro atoms. The molecule has 0 aliphatic heterocycles. The normalized spacial score (nSPS) is 11.2. The van der Waals surface area contributed by atoms with E-state index in [1.807, 2.05) is 52.0 Å². The van der Waals surface area contributed by atoms with Crippen LogP contribution in [-0.2, 0) is 11.5 Å². The summed E-state index contributed by atoms with van der Waals surface area (Å²) >= 11 is 2.56. The van der Waals surface area contributed by atoms with Crippen molar-refractivity contribution in [3.63, 3.8) is 0 Å². The van der Waals surface area contributed by atoms with Gasteiger partial charge in [0.2, 0.25) is 0 Å². The molecule has 1 radical (unpaired) electrons. The molecule has 23 heavy (non-hydrogen) atoms. The van der Waals surface area contributed by atoms with E-state index in [0.29, 0.717) is 17.9 Å². The van der Waals surface area contributed by atoms with Crippen LogP contribution in [0.25, 0.3) is 11.3 Å². The third-order valence-corrected chi connectivity index (χ3v) is 4.31. The SMILES string of the molecule is CCOCn1c(-c2cccc(C)c2)c(C(C)C)c(=O)n([Se])c1=O. The van der Waals surface area contributed by atoms with E-state index < -0.39 is 5.69 Å². The van der Waals surface area contributed by atoms with Gasteiger partial charge in [0.05, 0.1) is 0 Å². The van der Waals surface area contributed by atoms with Crippen molar-refractivity contribution >= 4 is 16.2 Å². The molecule has 0 fully saturated rings. The van der Waals surface area contributed by atoms with Crippen molar-refractivity contribution < 1.29 is 4.74 Å². The van der Waals surface area contributed by atoms with Crippen molar-refractivity contribution in [3.05, 3.63) is 56.2 Å². The van der Waals surface area contributed by atoms with Crippen molar-refractivity contribution in [2.24, 2.45) is 0 Å². The number of hydrogen-bond acceptors (Lipinski definition) is 3. The number of ether oxygens (including phenoxy) is 1. The van der Waals surface area contributed by atoms with E-state index in [1.54, 1.807) is 0 Å². The second-order valence-electron chi connectivity index (χ2n) is 5.72. The Morgan fingerprint density at radius 2 is 1.96 bits per heavy atom. The van der Waals surface area contributed by atoms with Crippen LogP contribution in [0, 0.1) is 6.92 Å². The van der Waals surface area contributed by atoms with Gasteiger partial charge in [-0.05, 0) is 0 Å². The standard InChI is InChI=1S/C17H21N2O3Se/c1-5-22-10-18-15(13-8-6-7-12(4)9-13)14(11(2)3)16(20)19(23)17(18)21/h6-9,11H,5,10H2,1-4H3. The van der Waals surface area contributed by atoms with Gasteiger partial charge in [-0.2, -0.15) is 0 Å². The third kappa shape index (κ3) is 3.50. The van der Waals surface area contributed by atoms with Crippen molar-refractivity contribution in [1.29, 1.82) is 0 Å². The summed E-state index contributed by atoms with van der Waals surface area (Å²) < 4.78 is 8.01. The van der Waals surface area contributed by atoms with Crippen molar-refractivity contribution in [1.82, 2.24) is 8.15 Å². The molecule has 2 aromatic rings. The second-order valence-corrected chi connectivity index (χ2v) is 6.48. The Labute approximate surface area is 143 Å². The third-order valence-electron chi connectivity index (χ3n) is 3.64. The van der Waals surface area contributed by atoms with Crippen molar-refractivity contribution in [3.8, 4) is 11.3 Å². The number of aromatic nitrogens is 2. The molecule has 1 heterocycles. The van der Waals surface area contributed by atoms with Crippen LogP contribution in [0.5, 0.6) is 0 Å². The Bertz CT molecular complexity index is 822. The molecule has 0 saturated carbocycles. The van der Waals surface area contributed by atoms with Gasteiger partial charge in [0.25, 0.3) is 0 Å². The van der Waals surface area contributed by atoms with Crippen LogP contribution in [0.15, 0.2) is 33.9 Å². The topological polar surface area (TPSA) is 53.2 Å². The summed E-state index contributed by atoms with van der Waals surface area (Å²) in [6, 6.07) is 7.80. The fourth-order valence-electron chi connectivity index (χ4n) is 2.57. The molecule has 0 N–H and O–H groups in total. The molecule has 0 aliphatic carbocycles. The minimum absolute atomic E-state index is 0.0221. The van der Waals surface area contributed by atoms with E-state index in [0.717, 1.165) is 14.7 Å². The number of benzene rings is 1. The molecule has 123 valence electrons. The Kier molecular flexibility index (Phi) is 5.63. The molecule has 0 aliphatic rings. The minimum atomic E-state index is -0.413. The first-order valence-electron chi connectivity index (χ1n) is 7.60. The summed E-state index contributed by atoms with van der Waals surface area (Å²) in [5, 5.41) is 0. The molecular formula is C17H21N2O3Se. The predicted molar refractivity (Wildman–Crippen MR) is 92.0 cm³/mol. The van der Waals surface area contributed by atoms with Gasteiger partial charge in [0, 0.05) is 0 Å². The van der Waals surface area contributed by atoms with Crippen molar-refractivity contribution in [2.75, 3.05) is 6.61 Å². The molecule has 1 aromatic carbocycles. The molecular weight excluding hydrogens is 359 g/mol. The van der Waals surface area contributed by atoms with Gasteiger partial charge < -0.3 is 0 Å². The predicted octanol–water partition coefficient (Wildman–Crippen LogP) is 2.03. The first kappa shape index (κ1) is 17.7. The molecule has 0 atom stereocenters. The van der Waals surface area contributed by atoms with Crippen molar-refractivity contribution in [2.45, 2.75) is 40.3 Å². The summed E-state index contributed by atoms with van der Waals surface area (Å²) in [7, 11) is 0. The summed E-state index contributed by atoms with van der Waals surface area (Å²) in [5.41, 5.74) is 2.45. The molecule has 0 unspecified atom stereocenters. The molecule has 1 aromatic heterocycles. The van der Waals surface area contributed by atoms with Crippen LogP contribution >= 0.6 is 0 Å². The average Bonchev–Trinajstić information content (AvgIpc) is 2.51. The van der Waals surface area contributed by atoms with Gasteiger partial charge >= 0.3 is 144 Å². The molecule has 0 amide bonds. The van der Waals surface area contributed by atoms with Crippen LogP contribution in [0.1, 0.15) is 37.8 Å². The summed E-state index contributed by atoms with van der Waals surface area (Å²) in [6.45, 7) is 8.35. The quantitative estimate of drug-likeness (QED) is 0.746. The number of rotatable bonds is 5. The number of nitrogens with zero attached hydrogens (tertiary/aromatic N) is 2. The first-order chi connectivity index (χ1) is 10.9. The van der Waals surface area contributed by atoms with E-state index in [1.165, 1.54) is 4.57 Å². The Morgan fingerprint density at radius 3 is 2.52 bits per heavy atom. The Balaban J connectivity index is 2.90. The van der Waals surface area contributed by atoms with E-state index in [-0.39, 0.29) is 18.2 Å². The molecule has 5 nitrogen and oxygen atoms in total. The van der Waals surface area contributed by atoms with Crippen LogP contribution in [-0.4, -0.2) is 31.0 Å². The van der Waals surface area contributed by atoms with Crippen LogP contribution in [0.2, 0.25) is 0 Å². The van der Waals surface area contributed by atoms with Crippen LogP contribution < -0.4 is 11.2 Å². The average molecular weight is 380 g/mol.